The molecule has 0 rings (SSSR count). The van der Waals surface area contributed by atoms with Crippen LogP contribution in [0.4, 0.5) is 0 Å². The molecule has 440 valence electrons. The van der Waals surface area contributed by atoms with Crippen molar-refractivity contribution in [3.63, 3.8) is 0 Å². The number of allylic oxidation sites excluding steroid dienone is 12. The quantitative estimate of drug-likeness (QED) is 0.0261. The molecule has 0 amide bonds. The summed E-state index contributed by atoms with van der Waals surface area (Å²) in [6.45, 7) is 6.56. The minimum absolute atomic E-state index is 0.0753. The number of unbranched alkanes of at least 4 members (excludes halogenated alkanes) is 37. The van der Waals surface area contributed by atoms with Gasteiger partial charge in [0.05, 0.1) is 0 Å². The molecule has 0 aromatic rings. The van der Waals surface area contributed by atoms with Crippen molar-refractivity contribution >= 4 is 17.9 Å². The van der Waals surface area contributed by atoms with E-state index in [1.54, 1.807) is 0 Å². The fourth-order valence-electron chi connectivity index (χ4n) is 9.57. The molecule has 0 radical (unpaired) electrons. The number of carbonyl (C=O) groups is 3. The second-order valence-corrected chi connectivity index (χ2v) is 22.0. The van der Waals surface area contributed by atoms with Crippen LogP contribution in [0.1, 0.15) is 335 Å². The number of esters is 3. The monoisotopic (exact) mass is 1060 g/mol. The molecule has 6 nitrogen and oxygen atoms in total. The molecule has 0 aromatic heterocycles. The van der Waals surface area contributed by atoms with Crippen LogP contribution >= 0.6 is 0 Å². The molecule has 0 spiro atoms. The van der Waals surface area contributed by atoms with Crippen LogP contribution in [-0.4, -0.2) is 37.2 Å². The predicted molar refractivity (Wildman–Crippen MR) is 330 cm³/mol. The third-order valence-electron chi connectivity index (χ3n) is 14.5. The van der Waals surface area contributed by atoms with Gasteiger partial charge in [-0.2, -0.15) is 0 Å². The third-order valence-corrected chi connectivity index (χ3v) is 14.5. The van der Waals surface area contributed by atoms with E-state index in [4.69, 9.17) is 14.2 Å². The van der Waals surface area contributed by atoms with Crippen LogP contribution in [0.15, 0.2) is 72.9 Å². The van der Waals surface area contributed by atoms with E-state index in [0.717, 1.165) is 103 Å². The predicted octanol–water partition coefficient (Wildman–Crippen LogP) is 22.5. The third kappa shape index (κ3) is 61.7. The van der Waals surface area contributed by atoms with Crippen LogP contribution in [0.3, 0.4) is 0 Å². The smallest absolute Gasteiger partial charge is 0.306 e. The Bertz CT molecular complexity index is 1400. The summed E-state index contributed by atoms with van der Waals surface area (Å²) in [4.78, 5) is 38.3. The van der Waals surface area contributed by atoms with E-state index in [-0.39, 0.29) is 31.1 Å². The molecule has 0 fully saturated rings. The van der Waals surface area contributed by atoms with Crippen molar-refractivity contribution in [2.24, 2.45) is 0 Å². The first kappa shape index (κ1) is 72.8. The van der Waals surface area contributed by atoms with Gasteiger partial charge in [0.2, 0.25) is 0 Å². The van der Waals surface area contributed by atoms with Crippen LogP contribution in [0.25, 0.3) is 0 Å². The Labute approximate surface area is 472 Å². The lowest BCUT2D eigenvalue weighted by Crippen LogP contribution is -2.30. The SMILES string of the molecule is CC/C=C\C/C=C\C/C=C\C/C=C\C/C=C\C/C=C\CCCCCCCCC(=O)OCC(COC(=O)CCCCCCCCCCCCCCC)OC(=O)CCCCCCCCCCCCCCCCCCCCCC. The summed E-state index contributed by atoms with van der Waals surface area (Å²) in [5.74, 6) is -0.871. The lowest BCUT2D eigenvalue weighted by Gasteiger charge is -2.18. The van der Waals surface area contributed by atoms with Crippen molar-refractivity contribution in [1.82, 2.24) is 0 Å². The highest BCUT2D eigenvalue weighted by molar-refractivity contribution is 5.71. The van der Waals surface area contributed by atoms with Gasteiger partial charge in [0.15, 0.2) is 6.10 Å². The van der Waals surface area contributed by atoms with Gasteiger partial charge < -0.3 is 14.2 Å². The van der Waals surface area contributed by atoms with E-state index < -0.39 is 6.10 Å². The van der Waals surface area contributed by atoms with Crippen molar-refractivity contribution in [1.29, 1.82) is 0 Å². The first-order valence-corrected chi connectivity index (χ1v) is 32.9. The lowest BCUT2D eigenvalue weighted by atomic mass is 10.0. The largest absolute Gasteiger partial charge is 0.462 e. The molecule has 0 heterocycles. The minimum Gasteiger partial charge on any atom is -0.462 e. The zero-order chi connectivity index (χ0) is 55.0. The topological polar surface area (TPSA) is 78.9 Å². The molecule has 0 bridgehead atoms. The van der Waals surface area contributed by atoms with Crippen molar-refractivity contribution < 1.29 is 28.6 Å². The van der Waals surface area contributed by atoms with Gasteiger partial charge >= 0.3 is 17.9 Å². The number of carbonyl (C=O) groups excluding carboxylic acids is 3. The van der Waals surface area contributed by atoms with Gasteiger partial charge in [-0.05, 0) is 70.6 Å². The Balaban J connectivity index is 4.33. The molecule has 0 aliphatic rings. The van der Waals surface area contributed by atoms with E-state index in [0.29, 0.717) is 19.3 Å². The highest BCUT2D eigenvalue weighted by Crippen LogP contribution is 2.17. The van der Waals surface area contributed by atoms with E-state index >= 15 is 0 Å². The Hall–Kier alpha value is -3.15. The summed E-state index contributed by atoms with van der Waals surface area (Å²) < 4.78 is 16.9. The molecule has 76 heavy (non-hydrogen) atoms. The van der Waals surface area contributed by atoms with Crippen molar-refractivity contribution in [3.05, 3.63) is 72.9 Å². The maximum absolute atomic E-state index is 12.9. The van der Waals surface area contributed by atoms with Crippen molar-refractivity contribution in [2.45, 2.75) is 341 Å². The van der Waals surface area contributed by atoms with E-state index in [1.165, 1.54) is 193 Å². The molecule has 0 aliphatic carbocycles. The molecule has 0 N–H and O–H groups in total. The lowest BCUT2D eigenvalue weighted by molar-refractivity contribution is -0.167. The van der Waals surface area contributed by atoms with Gasteiger partial charge in [-0.15, -0.1) is 0 Å². The summed E-state index contributed by atoms with van der Waals surface area (Å²) in [5, 5.41) is 0. The number of ether oxygens (including phenoxy) is 3. The second-order valence-electron chi connectivity index (χ2n) is 22.0. The Kier molecular flexibility index (Phi) is 61.7. The number of rotatable bonds is 60. The molecule has 0 aliphatic heterocycles. The van der Waals surface area contributed by atoms with Gasteiger partial charge in [-0.3, -0.25) is 14.4 Å². The van der Waals surface area contributed by atoms with E-state index in [1.807, 2.05) is 0 Å². The summed E-state index contributed by atoms with van der Waals surface area (Å²) >= 11 is 0. The van der Waals surface area contributed by atoms with Gasteiger partial charge in [-0.25, -0.2) is 0 Å². The maximum Gasteiger partial charge on any atom is 0.306 e. The van der Waals surface area contributed by atoms with Crippen LogP contribution in [0.2, 0.25) is 0 Å². The normalized spacial score (nSPS) is 12.5. The average molecular weight is 1060 g/mol. The van der Waals surface area contributed by atoms with Crippen LogP contribution < -0.4 is 0 Å². The van der Waals surface area contributed by atoms with Crippen molar-refractivity contribution in [3.8, 4) is 0 Å². The zero-order valence-electron chi connectivity index (χ0n) is 50.5. The Morgan fingerprint density at radius 1 is 0.276 bits per heavy atom. The average Bonchev–Trinajstić information content (AvgIpc) is 3.42. The Morgan fingerprint density at radius 3 is 0.803 bits per heavy atom. The number of hydrogen-bond acceptors (Lipinski definition) is 6. The van der Waals surface area contributed by atoms with Gasteiger partial charge in [0, 0.05) is 19.3 Å². The van der Waals surface area contributed by atoms with Gasteiger partial charge in [0.1, 0.15) is 13.2 Å². The van der Waals surface area contributed by atoms with E-state index in [9.17, 15) is 14.4 Å². The van der Waals surface area contributed by atoms with Crippen molar-refractivity contribution in [2.75, 3.05) is 13.2 Å². The fraction of sp³-hybridized carbons (Fsp3) is 0.786. The van der Waals surface area contributed by atoms with E-state index in [2.05, 4.69) is 93.7 Å². The molecule has 0 saturated heterocycles. The van der Waals surface area contributed by atoms with Crippen LogP contribution in [0.5, 0.6) is 0 Å². The molecular weight excluding hydrogens is 937 g/mol. The molecule has 1 atom stereocenters. The molecule has 0 saturated carbocycles. The molecule has 1 unspecified atom stereocenters. The summed E-state index contributed by atoms with van der Waals surface area (Å²) in [7, 11) is 0. The standard InChI is InChI=1S/C70H124O6/c1-4-7-10-13-16-19-22-25-27-29-31-33-34-35-36-37-39-40-42-45-48-51-54-57-60-63-69(72)75-66-67(65-74-68(71)62-59-56-53-50-47-44-24-21-18-15-12-9-6-3)76-70(73)64-61-58-55-52-49-46-43-41-38-32-30-28-26-23-20-17-14-11-8-5-2/h7,10,16,19,25,27,31,33,35-36,39-40,67H,4-6,8-9,11-15,17-18,20-24,26,28-30,32,34,37-38,41-66H2,1-3H3/b10-7-,19-16-,27-25-,33-31-,36-35-,40-39-. The highest BCUT2D eigenvalue weighted by Gasteiger charge is 2.19. The first-order chi connectivity index (χ1) is 37.5. The van der Waals surface area contributed by atoms with Crippen LogP contribution in [0, 0.1) is 0 Å². The second kappa shape index (κ2) is 64.4. The van der Waals surface area contributed by atoms with Gasteiger partial charge in [-0.1, -0.05) is 318 Å². The Morgan fingerprint density at radius 2 is 0.513 bits per heavy atom. The fourth-order valence-corrected chi connectivity index (χ4v) is 9.57. The summed E-state index contributed by atoms with van der Waals surface area (Å²) in [5.41, 5.74) is 0. The highest BCUT2D eigenvalue weighted by atomic mass is 16.6. The molecular formula is C70H124O6. The zero-order valence-corrected chi connectivity index (χ0v) is 50.5. The summed E-state index contributed by atoms with van der Waals surface area (Å²) in [6, 6.07) is 0. The summed E-state index contributed by atoms with van der Waals surface area (Å²) in [6.07, 6.45) is 83.4. The number of hydrogen-bond donors (Lipinski definition) is 0. The maximum atomic E-state index is 12.9. The minimum atomic E-state index is -0.779. The van der Waals surface area contributed by atoms with Crippen LogP contribution in [-0.2, 0) is 28.6 Å². The molecule has 0 aromatic carbocycles. The molecule has 6 heteroatoms. The first-order valence-electron chi connectivity index (χ1n) is 32.9. The van der Waals surface area contributed by atoms with Gasteiger partial charge in [0.25, 0.3) is 0 Å².